The number of aliphatic hydroxyl groups is 1. The van der Waals surface area contributed by atoms with Crippen LogP contribution in [0.3, 0.4) is 0 Å². The minimum absolute atomic E-state index is 0.135. The Morgan fingerprint density at radius 1 is 1.27 bits per heavy atom. The van der Waals surface area contributed by atoms with Crippen LogP contribution in [0, 0.1) is 5.41 Å². The van der Waals surface area contributed by atoms with Gasteiger partial charge in [-0.2, -0.15) is 0 Å². The highest BCUT2D eigenvalue weighted by Gasteiger charge is 2.49. The summed E-state index contributed by atoms with van der Waals surface area (Å²) in [6, 6.07) is 9.78. The van der Waals surface area contributed by atoms with E-state index in [4.69, 9.17) is 11.6 Å². The first kappa shape index (κ1) is 15.1. The molecule has 1 aromatic heterocycles. The van der Waals surface area contributed by atoms with Crippen LogP contribution in [0.4, 0.5) is 11.5 Å². The van der Waals surface area contributed by atoms with E-state index in [9.17, 15) is 5.11 Å². The van der Waals surface area contributed by atoms with Gasteiger partial charge in [0.15, 0.2) is 11.0 Å². The first-order chi connectivity index (χ1) is 10.7. The molecule has 1 heterocycles. The number of halogens is 1. The summed E-state index contributed by atoms with van der Waals surface area (Å²) in [7, 11) is 1.78. The van der Waals surface area contributed by atoms with Crippen molar-refractivity contribution < 1.29 is 5.11 Å². The first-order valence-electron chi connectivity index (χ1n) is 7.31. The third kappa shape index (κ3) is 2.87. The lowest BCUT2D eigenvalue weighted by Crippen LogP contribution is -2.24. The van der Waals surface area contributed by atoms with Crippen molar-refractivity contribution in [3.8, 4) is 0 Å². The average molecular weight is 319 g/mol. The summed E-state index contributed by atoms with van der Waals surface area (Å²) in [6.45, 7) is 0.644. The molecule has 1 fully saturated rings. The molecule has 1 atom stereocenters. The van der Waals surface area contributed by atoms with Crippen LogP contribution >= 0.6 is 11.6 Å². The molecular formula is C16H19ClN4O. The van der Waals surface area contributed by atoms with Crippen molar-refractivity contribution in [2.24, 2.45) is 5.41 Å². The van der Waals surface area contributed by atoms with Gasteiger partial charge in [0, 0.05) is 19.0 Å². The number of hydrogen-bond acceptors (Lipinski definition) is 5. The molecule has 6 heteroatoms. The summed E-state index contributed by atoms with van der Waals surface area (Å²) in [5.74, 6) is 0.661. The third-order valence-corrected chi connectivity index (χ3v) is 4.53. The summed E-state index contributed by atoms with van der Waals surface area (Å²) < 4.78 is 0. The monoisotopic (exact) mass is 318 g/mol. The Kier molecular flexibility index (Phi) is 4.18. The molecule has 3 N–H and O–H groups in total. The van der Waals surface area contributed by atoms with Crippen molar-refractivity contribution in [1.29, 1.82) is 0 Å². The fraction of sp³-hybridized carbons (Fsp3) is 0.375. The zero-order chi connectivity index (χ0) is 15.6. The zero-order valence-electron chi connectivity index (χ0n) is 12.4. The van der Waals surface area contributed by atoms with Crippen LogP contribution in [0.25, 0.3) is 0 Å². The molecule has 2 aromatic rings. The van der Waals surface area contributed by atoms with Crippen molar-refractivity contribution in [3.63, 3.8) is 0 Å². The number of aromatic nitrogens is 2. The van der Waals surface area contributed by atoms with Gasteiger partial charge in [-0.15, -0.1) is 0 Å². The maximum atomic E-state index is 10.7. The molecule has 3 rings (SSSR count). The van der Waals surface area contributed by atoms with E-state index in [1.165, 1.54) is 6.33 Å². The van der Waals surface area contributed by atoms with E-state index < -0.39 is 6.10 Å². The maximum absolute atomic E-state index is 10.7. The van der Waals surface area contributed by atoms with Crippen molar-refractivity contribution in [1.82, 2.24) is 9.97 Å². The lowest BCUT2D eigenvalue weighted by Gasteiger charge is -2.24. The molecule has 1 saturated carbocycles. The van der Waals surface area contributed by atoms with E-state index in [0.717, 1.165) is 18.4 Å². The first-order valence-corrected chi connectivity index (χ1v) is 7.69. The molecule has 1 aliphatic rings. The summed E-state index contributed by atoms with van der Waals surface area (Å²) >= 11 is 6.05. The second kappa shape index (κ2) is 6.10. The molecule has 5 nitrogen and oxygen atoms in total. The highest BCUT2D eigenvalue weighted by molar-refractivity contribution is 6.32. The molecule has 0 radical (unpaired) electrons. The number of rotatable bonds is 6. The Morgan fingerprint density at radius 2 is 2.00 bits per heavy atom. The Balaban J connectivity index is 1.73. The number of anilines is 2. The predicted molar refractivity (Wildman–Crippen MR) is 88.1 cm³/mol. The van der Waals surface area contributed by atoms with Gasteiger partial charge in [-0.1, -0.05) is 41.9 Å². The zero-order valence-corrected chi connectivity index (χ0v) is 13.1. The molecule has 1 aliphatic carbocycles. The number of aliphatic hydroxyl groups excluding tert-OH is 1. The van der Waals surface area contributed by atoms with E-state index in [2.05, 4.69) is 20.6 Å². The molecular weight excluding hydrogens is 300 g/mol. The Morgan fingerprint density at radius 3 is 2.64 bits per heavy atom. The van der Waals surface area contributed by atoms with E-state index >= 15 is 0 Å². The Labute approximate surface area is 134 Å². The van der Waals surface area contributed by atoms with E-state index in [0.29, 0.717) is 23.2 Å². The van der Waals surface area contributed by atoms with E-state index in [1.54, 1.807) is 7.05 Å². The highest BCUT2D eigenvalue weighted by atomic mass is 35.5. The van der Waals surface area contributed by atoms with Crippen LogP contribution in [-0.2, 0) is 0 Å². The lowest BCUT2D eigenvalue weighted by molar-refractivity contribution is 0.0999. The summed E-state index contributed by atoms with van der Waals surface area (Å²) in [5.41, 5.74) is 1.49. The van der Waals surface area contributed by atoms with Gasteiger partial charge in [-0.05, 0) is 18.4 Å². The summed E-state index contributed by atoms with van der Waals surface area (Å²) in [4.78, 5) is 8.18. The van der Waals surface area contributed by atoms with Gasteiger partial charge in [0.2, 0.25) is 0 Å². The topological polar surface area (TPSA) is 70.1 Å². The fourth-order valence-corrected chi connectivity index (χ4v) is 2.90. The number of benzene rings is 1. The second-order valence-corrected chi connectivity index (χ2v) is 6.03. The molecule has 116 valence electrons. The van der Waals surface area contributed by atoms with Crippen molar-refractivity contribution >= 4 is 23.1 Å². The largest absolute Gasteiger partial charge is 0.388 e. The van der Waals surface area contributed by atoms with Gasteiger partial charge in [0.1, 0.15) is 12.0 Å². The molecule has 0 saturated heterocycles. The van der Waals surface area contributed by atoms with Gasteiger partial charge in [0.05, 0.1) is 6.10 Å². The van der Waals surface area contributed by atoms with Crippen molar-refractivity contribution in [3.05, 3.63) is 47.4 Å². The standard InChI is InChI=1S/C16H19ClN4O/c1-18-12-14(17)20-10-21-15(12)19-9-16(7-8-16)13(22)11-5-3-2-4-6-11/h2-6,10,13,18,22H,7-9H2,1H3,(H,19,20,21). The van der Waals surface area contributed by atoms with Gasteiger partial charge in [-0.25, -0.2) is 9.97 Å². The van der Waals surface area contributed by atoms with Crippen LogP contribution in [0.1, 0.15) is 24.5 Å². The third-order valence-electron chi connectivity index (χ3n) is 4.25. The summed E-state index contributed by atoms with van der Waals surface area (Å²) in [5, 5.41) is 17.3. The van der Waals surface area contributed by atoms with Crippen molar-refractivity contribution in [2.45, 2.75) is 18.9 Å². The van der Waals surface area contributed by atoms with Gasteiger partial charge in [0.25, 0.3) is 0 Å². The molecule has 1 aromatic carbocycles. The summed E-state index contributed by atoms with van der Waals surface area (Å²) in [6.07, 6.45) is 2.93. The van der Waals surface area contributed by atoms with Crippen LogP contribution in [0.15, 0.2) is 36.7 Å². The predicted octanol–water partition coefficient (Wildman–Crippen LogP) is 3.10. The molecule has 0 aliphatic heterocycles. The van der Waals surface area contributed by atoms with Crippen LogP contribution in [0.5, 0.6) is 0 Å². The van der Waals surface area contributed by atoms with Crippen LogP contribution in [-0.4, -0.2) is 28.7 Å². The van der Waals surface area contributed by atoms with Gasteiger partial charge < -0.3 is 15.7 Å². The maximum Gasteiger partial charge on any atom is 0.157 e. The van der Waals surface area contributed by atoms with Gasteiger partial charge >= 0.3 is 0 Å². The van der Waals surface area contributed by atoms with Gasteiger partial charge in [-0.3, -0.25) is 0 Å². The van der Waals surface area contributed by atoms with Crippen LogP contribution in [0.2, 0.25) is 5.15 Å². The smallest absolute Gasteiger partial charge is 0.157 e. The second-order valence-electron chi connectivity index (χ2n) is 5.67. The van der Waals surface area contributed by atoms with Crippen molar-refractivity contribution in [2.75, 3.05) is 24.2 Å². The molecule has 0 bridgehead atoms. The molecule has 0 spiro atoms. The SMILES string of the molecule is CNc1c(Cl)ncnc1NCC1(C(O)c2ccccc2)CC1. The number of nitrogens with one attached hydrogen (secondary N) is 2. The van der Waals surface area contributed by atoms with Crippen LogP contribution < -0.4 is 10.6 Å². The quantitative estimate of drug-likeness (QED) is 0.714. The highest BCUT2D eigenvalue weighted by Crippen LogP contribution is 2.55. The number of hydrogen-bond donors (Lipinski definition) is 3. The Bertz CT molecular complexity index is 646. The molecule has 0 amide bonds. The van der Waals surface area contributed by atoms with E-state index in [1.807, 2.05) is 30.3 Å². The average Bonchev–Trinajstić information content (AvgIpc) is 3.34. The number of nitrogens with zero attached hydrogens (tertiary/aromatic N) is 2. The molecule has 22 heavy (non-hydrogen) atoms. The normalized spacial score (nSPS) is 16.9. The lowest BCUT2D eigenvalue weighted by atomic mass is 9.92. The minimum atomic E-state index is -0.475. The molecule has 1 unspecified atom stereocenters. The minimum Gasteiger partial charge on any atom is -0.388 e. The fourth-order valence-electron chi connectivity index (χ4n) is 2.68. The Hall–Kier alpha value is -1.85. The van der Waals surface area contributed by atoms with E-state index in [-0.39, 0.29) is 5.41 Å².